The third kappa shape index (κ3) is 3.51. The smallest absolute Gasteiger partial charge is 0.306 e. The summed E-state index contributed by atoms with van der Waals surface area (Å²) in [5.74, 6) is 0.273. The minimum Gasteiger partial charge on any atom is -0.497 e. The fraction of sp³-hybridized carbons (Fsp3) is 0.500. The summed E-state index contributed by atoms with van der Waals surface area (Å²) in [5.41, 5.74) is 0.0811. The van der Waals surface area contributed by atoms with Gasteiger partial charge in [-0.3, -0.25) is 4.79 Å². The van der Waals surface area contributed by atoms with Gasteiger partial charge in [0.2, 0.25) is 0 Å². The van der Waals surface area contributed by atoms with Gasteiger partial charge >= 0.3 is 5.97 Å². The molecule has 0 saturated carbocycles. The molecule has 0 amide bonds. The normalized spacial score (nSPS) is 14.8. The number of methoxy groups -OCH3 is 1. The van der Waals surface area contributed by atoms with Crippen LogP contribution in [0.1, 0.15) is 32.8 Å². The molecule has 0 heterocycles. The summed E-state index contributed by atoms with van der Waals surface area (Å²) < 4.78 is 10.2. The van der Waals surface area contributed by atoms with Gasteiger partial charge in [0, 0.05) is 6.42 Å². The van der Waals surface area contributed by atoms with Crippen molar-refractivity contribution in [1.29, 1.82) is 5.26 Å². The molecule has 4 nitrogen and oxygen atoms in total. The minimum absolute atomic E-state index is 0.154. The SMILES string of the molecule is CCOC(=O)C[C@H](C)[C@@](C)(C#N)c1cccc(OC)c1. The molecule has 0 aliphatic heterocycles. The highest BCUT2D eigenvalue weighted by molar-refractivity contribution is 5.70. The fourth-order valence-corrected chi connectivity index (χ4v) is 2.08. The van der Waals surface area contributed by atoms with Crippen LogP contribution in [0, 0.1) is 17.2 Å². The predicted molar refractivity (Wildman–Crippen MR) is 76.4 cm³/mol. The monoisotopic (exact) mass is 275 g/mol. The summed E-state index contributed by atoms with van der Waals surface area (Å²) in [5, 5.41) is 9.57. The Balaban J connectivity index is 3.01. The summed E-state index contributed by atoms with van der Waals surface area (Å²) in [6.07, 6.45) is 0.217. The Labute approximate surface area is 120 Å². The number of esters is 1. The lowest BCUT2D eigenvalue weighted by Gasteiger charge is -2.29. The molecule has 2 atom stereocenters. The van der Waals surface area contributed by atoms with Crippen molar-refractivity contribution < 1.29 is 14.3 Å². The molecule has 0 unspecified atom stereocenters. The largest absolute Gasteiger partial charge is 0.497 e. The lowest BCUT2D eigenvalue weighted by atomic mass is 9.72. The number of ether oxygens (including phenoxy) is 2. The van der Waals surface area contributed by atoms with Crippen molar-refractivity contribution in [3.05, 3.63) is 29.8 Å². The van der Waals surface area contributed by atoms with Crippen LogP contribution < -0.4 is 4.74 Å². The third-order valence-electron chi connectivity index (χ3n) is 3.67. The van der Waals surface area contributed by atoms with Crippen molar-refractivity contribution in [3.63, 3.8) is 0 Å². The minimum atomic E-state index is -0.763. The van der Waals surface area contributed by atoms with E-state index in [2.05, 4.69) is 6.07 Å². The van der Waals surface area contributed by atoms with Crippen LogP contribution in [-0.2, 0) is 14.9 Å². The highest BCUT2D eigenvalue weighted by Gasteiger charge is 2.35. The molecule has 1 aromatic rings. The van der Waals surface area contributed by atoms with Crippen molar-refractivity contribution >= 4 is 5.97 Å². The van der Waals surface area contributed by atoms with Crippen LogP contribution in [0.15, 0.2) is 24.3 Å². The number of rotatable bonds is 6. The zero-order valence-electron chi connectivity index (χ0n) is 12.5. The van der Waals surface area contributed by atoms with Crippen molar-refractivity contribution in [2.24, 2.45) is 5.92 Å². The first kappa shape index (κ1) is 16.0. The second-order valence-electron chi connectivity index (χ2n) is 4.96. The van der Waals surface area contributed by atoms with Crippen molar-refractivity contribution in [2.75, 3.05) is 13.7 Å². The Morgan fingerprint density at radius 2 is 2.20 bits per heavy atom. The number of nitrogens with zero attached hydrogens (tertiary/aromatic N) is 1. The molecule has 20 heavy (non-hydrogen) atoms. The maximum atomic E-state index is 11.6. The van der Waals surface area contributed by atoms with Crippen molar-refractivity contribution in [2.45, 2.75) is 32.6 Å². The lowest BCUT2D eigenvalue weighted by Crippen LogP contribution is -2.30. The van der Waals surface area contributed by atoms with Gasteiger partial charge in [0.05, 0.1) is 25.2 Å². The Morgan fingerprint density at radius 3 is 2.75 bits per heavy atom. The summed E-state index contributed by atoms with van der Waals surface area (Å²) in [6.45, 7) is 5.85. The molecule has 0 aliphatic rings. The van der Waals surface area contributed by atoms with Gasteiger partial charge in [0.15, 0.2) is 0 Å². The Kier molecular flexibility index (Phi) is 5.57. The zero-order valence-corrected chi connectivity index (χ0v) is 12.5. The molecule has 0 aliphatic carbocycles. The Bertz CT molecular complexity index is 507. The van der Waals surface area contributed by atoms with Crippen LogP contribution in [0.25, 0.3) is 0 Å². The first-order valence-electron chi connectivity index (χ1n) is 6.69. The second kappa shape index (κ2) is 6.95. The van der Waals surface area contributed by atoms with E-state index in [1.165, 1.54) is 0 Å². The van der Waals surface area contributed by atoms with E-state index in [9.17, 15) is 10.1 Å². The maximum absolute atomic E-state index is 11.6. The van der Waals surface area contributed by atoms with Gasteiger partial charge in [0.25, 0.3) is 0 Å². The van der Waals surface area contributed by atoms with Gasteiger partial charge < -0.3 is 9.47 Å². The van der Waals surface area contributed by atoms with E-state index in [4.69, 9.17) is 9.47 Å². The number of hydrogen-bond donors (Lipinski definition) is 0. The van der Waals surface area contributed by atoms with E-state index in [1.807, 2.05) is 38.1 Å². The van der Waals surface area contributed by atoms with Gasteiger partial charge in [0.1, 0.15) is 5.75 Å². The van der Waals surface area contributed by atoms with Gasteiger partial charge in [-0.15, -0.1) is 0 Å². The highest BCUT2D eigenvalue weighted by Crippen LogP contribution is 2.35. The quantitative estimate of drug-likeness (QED) is 0.749. The Hall–Kier alpha value is -2.02. The average molecular weight is 275 g/mol. The third-order valence-corrected chi connectivity index (χ3v) is 3.67. The van der Waals surface area contributed by atoms with Crippen LogP contribution in [-0.4, -0.2) is 19.7 Å². The number of hydrogen-bond acceptors (Lipinski definition) is 4. The van der Waals surface area contributed by atoms with E-state index in [0.29, 0.717) is 12.4 Å². The lowest BCUT2D eigenvalue weighted by molar-refractivity contribution is -0.144. The molecule has 0 bridgehead atoms. The van der Waals surface area contributed by atoms with Gasteiger partial charge in [-0.05, 0) is 37.5 Å². The van der Waals surface area contributed by atoms with Crippen LogP contribution >= 0.6 is 0 Å². The fourth-order valence-electron chi connectivity index (χ4n) is 2.08. The first-order chi connectivity index (χ1) is 9.47. The topological polar surface area (TPSA) is 59.3 Å². The standard InChI is InChI=1S/C16H21NO3/c1-5-20-15(18)9-12(2)16(3,11-17)13-7-6-8-14(10-13)19-4/h6-8,10,12H,5,9H2,1-4H3/t12-,16+/m0/s1. The van der Waals surface area contributed by atoms with Gasteiger partial charge in [-0.2, -0.15) is 5.26 Å². The Morgan fingerprint density at radius 1 is 1.50 bits per heavy atom. The molecule has 0 aromatic heterocycles. The predicted octanol–water partition coefficient (Wildman–Crippen LogP) is 3.07. The van der Waals surface area contributed by atoms with Crippen molar-refractivity contribution in [3.8, 4) is 11.8 Å². The van der Waals surface area contributed by atoms with Gasteiger partial charge in [-0.1, -0.05) is 19.1 Å². The molecular formula is C16H21NO3. The van der Waals surface area contributed by atoms with E-state index in [-0.39, 0.29) is 18.3 Å². The number of carbonyl (C=O) groups excluding carboxylic acids is 1. The average Bonchev–Trinajstić information content (AvgIpc) is 2.46. The first-order valence-corrected chi connectivity index (χ1v) is 6.69. The molecule has 0 radical (unpaired) electrons. The molecular weight excluding hydrogens is 254 g/mol. The van der Waals surface area contributed by atoms with Crippen LogP contribution in [0.3, 0.4) is 0 Å². The molecule has 4 heteroatoms. The van der Waals surface area contributed by atoms with E-state index >= 15 is 0 Å². The molecule has 1 rings (SSSR count). The van der Waals surface area contributed by atoms with E-state index < -0.39 is 5.41 Å². The summed E-state index contributed by atoms with van der Waals surface area (Å²) in [4.78, 5) is 11.6. The summed E-state index contributed by atoms with van der Waals surface area (Å²) in [6, 6.07) is 9.73. The van der Waals surface area contributed by atoms with Crippen LogP contribution in [0.2, 0.25) is 0 Å². The number of nitriles is 1. The maximum Gasteiger partial charge on any atom is 0.306 e. The molecule has 0 fully saturated rings. The van der Waals surface area contributed by atoms with Crippen molar-refractivity contribution in [1.82, 2.24) is 0 Å². The molecule has 0 spiro atoms. The molecule has 1 aromatic carbocycles. The highest BCUT2D eigenvalue weighted by atomic mass is 16.5. The van der Waals surface area contributed by atoms with E-state index in [0.717, 1.165) is 5.56 Å². The number of carbonyl (C=O) groups is 1. The summed E-state index contributed by atoms with van der Waals surface area (Å²) in [7, 11) is 1.59. The number of benzene rings is 1. The molecule has 108 valence electrons. The molecule has 0 saturated heterocycles. The second-order valence-corrected chi connectivity index (χ2v) is 4.96. The van der Waals surface area contributed by atoms with Crippen LogP contribution in [0.5, 0.6) is 5.75 Å². The summed E-state index contributed by atoms with van der Waals surface area (Å²) >= 11 is 0. The van der Waals surface area contributed by atoms with Crippen LogP contribution in [0.4, 0.5) is 0 Å². The van der Waals surface area contributed by atoms with E-state index in [1.54, 1.807) is 14.0 Å². The zero-order chi connectivity index (χ0) is 15.2. The van der Waals surface area contributed by atoms with Gasteiger partial charge in [-0.25, -0.2) is 0 Å². The molecule has 0 N–H and O–H groups in total.